The Labute approximate surface area is 186 Å². The van der Waals surface area contributed by atoms with Crippen LogP contribution in [-0.4, -0.2) is 48.9 Å². The first-order valence-electron chi connectivity index (χ1n) is 10.9. The van der Waals surface area contributed by atoms with Crippen LogP contribution in [0.4, 0.5) is 5.69 Å². The van der Waals surface area contributed by atoms with Crippen LogP contribution in [0.3, 0.4) is 0 Å². The smallest absolute Gasteiger partial charge is 0.399 e. The average molecular weight is 417 g/mol. The lowest BCUT2D eigenvalue weighted by molar-refractivity contribution is 0.00578. The summed E-state index contributed by atoms with van der Waals surface area (Å²) in [6, 6.07) is 8.56. The fourth-order valence-corrected chi connectivity index (χ4v) is 4.25. The van der Waals surface area contributed by atoms with Crippen molar-refractivity contribution < 1.29 is 9.31 Å². The summed E-state index contributed by atoms with van der Waals surface area (Å²) in [6.45, 7) is 15.1. The van der Waals surface area contributed by atoms with Crippen LogP contribution in [-0.2, 0) is 9.31 Å². The molecule has 0 bridgehead atoms. The lowest BCUT2D eigenvalue weighted by atomic mass is 9.86. The van der Waals surface area contributed by atoms with E-state index >= 15 is 0 Å². The van der Waals surface area contributed by atoms with E-state index in [0.29, 0.717) is 6.54 Å². The highest BCUT2D eigenvalue weighted by atomic mass is 16.7. The third-order valence-corrected chi connectivity index (χ3v) is 6.98. The molecule has 31 heavy (non-hydrogen) atoms. The van der Waals surface area contributed by atoms with Crippen LogP contribution in [0, 0.1) is 0 Å². The number of hydrogen-bond donors (Lipinski definition) is 0. The molecular formula is C25H32BN3O2. The van der Waals surface area contributed by atoms with Crippen LogP contribution in [0.1, 0.15) is 46.1 Å². The summed E-state index contributed by atoms with van der Waals surface area (Å²) in [7, 11) is -0.435. The molecule has 2 aliphatic heterocycles. The van der Waals surface area contributed by atoms with Crippen molar-refractivity contribution in [2.45, 2.75) is 63.3 Å². The highest BCUT2D eigenvalue weighted by Gasteiger charge is 2.50. The standard InChI is InChI=1S/C25H32BN3O2/c1-7-19(16-27-17-26-30-23(2,3)24(4,5)31-26)20-12-8-9-13-21(20)29-18-28-22-14-10-11-15-25(22,29)6/h7-15,17-19,22H,1,16H2,2-6H3. The molecule has 1 saturated heterocycles. The molecule has 0 aromatic heterocycles. The molecule has 3 atom stereocenters. The number of fused-ring (bicyclic) bond motifs is 1. The molecule has 4 rings (SSSR count). The van der Waals surface area contributed by atoms with Crippen molar-refractivity contribution >= 4 is 25.3 Å². The molecule has 1 fully saturated rings. The summed E-state index contributed by atoms with van der Waals surface area (Å²) < 4.78 is 12.1. The van der Waals surface area contributed by atoms with Gasteiger partial charge in [-0.1, -0.05) is 48.6 Å². The summed E-state index contributed by atoms with van der Waals surface area (Å²) in [5.41, 5.74) is 1.38. The minimum atomic E-state index is -0.435. The largest absolute Gasteiger partial charge is 0.506 e. The van der Waals surface area contributed by atoms with Crippen LogP contribution in [0.15, 0.2) is 71.2 Å². The molecule has 162 valence electrons. The summed E-state index contributed by atoms with van der Waals surface area (Å²) >= 11 is 0. The molecule has 0 N–H and O–H groups in total. The Morgan fingerprint density at radius 3 is 2.58 bits per heavy atom. The van der Waals surface area contributed by atoms with Crippen molar-refractivity contribution in [3.8, 4) is 0 Å². The molecule has 6 heteroatoms. The summed E-state index contributed by atoms with van der Waals surface area (Å²) in [5, 5.41) is 0. The Bertz CT molecular complexity index is 949. The molecule has 3 unspecified atom stereocenters. The Balaban J connectivity index is 1.53. The monoisotopic (exact) mass is 417 g/mol. The summed E-state index contributed by atoms with van der Waals surface area (Å²) in [6.07, 6.45) is 14.2. The first-order valence-corrected chi connectivity index (χ1v) is 10.9. The third-order valence-electron chi connectivity index (χ3n) is 6.98. The van der Waals surface area contributed by atoms with Gasteiger partial charge in [0.05, 0.1) is 29.1 Å². The van der Waals surface area contributed by atoms with E-state index in [1.165, 1.54) is 5.56 Å². The molecule has 1 aromatic rings. The van der Waals surface area contributed by atoms with E-state index in [9.17, 15) is 0 Å². The SMILES string of the molecule is C=CC(CN=CB1OC(C)(C)C(C)(C)O1)c1ccccc1N1C=NC2C=CC=CC21C. The van der Waals surface area contributed by atoms with Gasteiger partial charge in [-0.2, -0.15) is 0 Å². The topological polar surface area (TPSA) is 46.4 Å². The highest BCUT2D eigenvalue weighted by Crippen LogP contribution is 2.39. The maximum atomic E-state index is 6.03. The third kappa shape index (κ3) is 3.83. The highest BCUT2D eigenvalue weighted by molar-refractivity contribution is 6.75. The maximum Gasteiger partial charge on any atom is 0.506 e. The summed E-state index contributed by atoms with van der Waals surface area (Å²) in [4.78, 5) is 11.7. The van der Waals surface area contributed by atoms with Crippen molar-refractivity contribution in [3.63, 3.8) is 0 Å². The van der Waals surface area contributed by atoms with E-state index in [1.807, 2.05) is 40.1 Å². The number of allylic oxidation sites excluding steroid dienone is 2. The van der Waals surface area contributed by atoms with Crippen molar-refractivity contribution in [3.05, 3.63) is 66.8 Å². The predicted molar refractivity (Wildman–Crippen MR) is 130 cm³/mol. The molecular weight excluding hydrogens is 385 g/mol. The van der Waals surface area contributed by atoms with Gasteiger partial charge < -0.3 is 19.2 Å². The van der Waals surface area contributed by atoms with Gasteiger partial charge in [0.25, 0.3) is 0 Å². The van der Waals surface area contributed by atoms with Crippen molar-refractivity contribution in [1.29, 1.82) is 0 Å². The van der Waals surface area contributed by atoms with Gasteiger partial charge in [-0.05, 0) is 46.2 Å². The fraction of sp³-hybridized carbons (Fsp3) is 0.440. The minimum absolute atomic E-state index is 0.0639. The number of para-hydroxylation sites is 1. The van der Waals surface area contributed by atoms with Crippen LogP contribution in [0.2, 0.25) is 0 Å². The number of aliphatic imine (C=N–C) groups is 2. The van der Waals surface area contributed by atoms with Gasteiger partial charge in [-0.25, -0.2) is 0 Å². The van der Waals surface area contributed by atoms with Gasteiger partial charge in [0, 0.05) is 24.3 Å². The van der Waals surface area contributed by atoms with Crippen LogP contribution in [0.5, 0.6) is 0 Å². The molecule has 2 heterocycles. The van der Waals surface area contributed by atoms with E-state index in [2.05, 4.69) is 72.0 Å². The van der Waals surface area contributed by atoms with Gasteiger partial charge in [0.15, 0.2) is 0 Å². The quantitative estimate of drug-likeness (QED) is 0.381. The fourth-order valence-electron chi connectivity index (χ4n) is 4.25. The first kappa shape index (κ1) is 21.8. The van der Waals surface area contributed by atoms with E-state index in [0.717, 1.165) is 5.69 Å². The van der Waals surface area contributed by atoms with Gasteiger partial charge in [-0.15, -0.1) is 6.58 Å². The minimum Gasteiger partial charge on any atom is -0.399 e. The van der Waals surface area contributed by atoms with Crippen molar-refractivity contribution in [1.82, 2.24) is 0 Å². The number of hydrogen-bond acceptors (Lipinski definition) is 5. The number of nitrogens with zero attached hydrogens (tertiary/aromatic N) is 3. The molecule has 0 saturated carbocycles. The lowest BCUT2D eigenvalue weighted by Crippen LogP contribution is -2.48. The number of rotatable bonds is 6. The number of anilines is 1. The first-order chi connectivity index (χ1) is 14.7. The Morgan fingerprint density at radius 1 is 1.16 bits per heavy atom. The van der Waals surface area contributed by atoms with Crippen molar-refractivity contribution in [2.24, 2.45) is 9.98 Å². The maximum absolute atomic E-state index is 6.03. The van der Waals surface area contributed by atoms with Crippen LogP contribution < -0.4 is 4.90 Å². The molecule has 5 nitrogen and oxygen atoms in total. The average Bonchev–Trinajstić information content (AvgIpc) is 3.17. The van der Waals surface area contributed by atoms with Gasteiger partial charge in [-0.3, -0.25) is 4.99 Å². The Hall–Kier alpha value is -2.44. The second-order valence-electron chi connectivity index (χ2n) is 9.59. The van der Waals surface area contributed by atoms with Crippen LogP contribution >= 0.6 is 0 Å². The molecule has 3 aliphatic rings. The zero-order chi connectivity index (χ0) is 22.3. The van der Waals surface area contributed by atoms with Crippen LogP contribution in [0.25, 0.3) is 0 Å². The summed E-state index contributed by atoms with van der Waals surface area (Å²) in [5.74, 6) is 0.0639. The normalized spacial score (nSPS) is 29.0. The molecule has 1 aliphatic carbocycles. The van der Waals surface area contributed by atoms with E-state index in [1.54, 1.807) is 6.11 Å². The molecule has 1 aromatic carbocycles. The second-order valence-corrected chi connectivity index (χ2v) is 9.59. The zero-order valence-electron chi connectivity index (χ0n) is 19.2. The second kappa shape index (κ2) is 7.92. The van der Waals surface area contributed by atoms with E-state index in [4.69, 9.17) is 14.3 Å². The van der Waals surface area contributed by atoms with Gasteiger partial charge in [0.2, 0.25) is 0 Å². The molecule has 0 radical (unpaired) electrons. The Morgan fingerprint density at radius 2 is 1.87 bits per heavy atom. The van der Waals surface area contributed by atoms with Crippen molar-refractivity contribution in [2.75, 3.05) is 11.4 Å². The van der Waals surface area contributed by atoms with E-state index < -0.39 is 7.12 Å². The lowest BCUT2D eigenvalue weighted by Gasteiger charge is -2.38. The van der Waals surface area contributed by atoms with E-state index in [-0.39, 0.29) is 28.7 Å². The predicted octanol–water partition coefficient (Wildman–Crippen LogP) is 4.76. The molecule has 0 amide bonds. The number of benzene rings is 1. The van der Waals surface area contributed by atoms with Gasteiger partial charge in [0.1, 0.15) is 0 Å². The zero-order valence-corrected chi connectivity index (χ0v) is 19.2. The van der Waals surface area contributed by atoms with Gasteiger partial charge >= 0.3 is 7.12 Å². The Kier molecular flexibility index (Phi) is 5.56. The molecule has 0 spiro atoms.